The number of benzene rings is 2. The summed E-state index contributed by atoms with van der Waals surface area (Å²) in [6.07, 6.45) is 0. The van der Waals surface area contributed by atoms with Gasteiger partial charge in [-0.05, 0) is 37.3 Å². The quantitative estimate of drug-likeness (QED) is 0.414. The molecule has 1 atom stereocenters. The fourth-order valence-corrected chi connectivity index (χ4v) is 2.22. The maximum absolute atomic E-state index is 12.1. The van der Waals surface area contributed by atoms with Gasteiger partial charge in [-0.1, -0.05) is 17.7 Å². The van der Waals surface area contributed by atoms with Crippen LogP contribution in [-0.4, -0.2) is 35.4 Å². The van der Waals surface area contributed by atoms with E-state index in [0.717, 1.165) is 6.07 Å². The summed E-state index contributed by atoms with van der Waals surface area (Å²) in [4.78, 5) is 46.0. The van der Waals surface area contributed by atoms with E-state index in [1.54, 1.807) is 24.3 Å². The summed E-state index contributed by atoms with van der Waals surface area (Å²) in [5.41, 5.74) is 0.258. The summed E-state index contributed by atoms with van der Waals surface area (Å²) >= 11 is 5.75. The van der Waals surface area contributed by atoms with E-state index in [4.69, 9.17) is 16.3 Å². The van der Waals surface area contributed by atoms with Crippen LogP contribution in [0.1, 0.15) is 17.3 Å². The van der Waals surface area contributed by atoms with Crippen LogP contribution in [0.3, 0.4) is 0 Å². The lowest BCUT2D eigenvalue weighted by molar-refractivity contribution is -0.384. The smallest absolute Gasteiger partial charge is 0.328 e. The molecule has 2 amide bonds. The van der Waals surface area contributed by atoms with Gasteiger partial charge in [-0.3, -0.25) is 19.7 Å². The molecule has 0 aliphatic heterocycles. The number of nitrogens with one attached hydrogen (secondary N) is 2. The highest BCUT2D eigenvalue weighted by molar-refractivity contribution is 6.30. The molecule has 0 unspecified atom stereocenters. The maximum atomic E-state index is 12.1. The van der Waals surface area contributed by atoms with Gasteiger partial charge in [0.05, 0.1) is 4.92 Å². The third-order valence-corrected chi connectivity index (χ3v) is 3.75. The van der Waals surface area contributed by atoms with Crippen LogP contribution in [0.15, 0.2) is 48.5 Å². The first-order valence-electron chi connectivity index (χ1n) is 8.03. The Kier molecular flexibility index (Phi) is 7.05. The molecule has 2 N–H and O–H groups in total. The van der Waals surface area contributed by atoms with Crippen molar-refractivity contribution < 1.29 is 24.0 Å². The first-order valence-corrected chi connectivity index (χ1v) is 8.41. The zero-order valence-electron chi connectivity index (χ0n) is 14.7. The van der Waals surface area contributed by atoms with Gasteiger partial charge in [-0.2, -0.15) is 0 Å². The van der Waals surface area contributed by atoms with Crippen molar-refractivity contribution in [3.63, 3.8) is 0 Å². The number of anilines is 1. The van der Waals surface area contributed by atoms with E-state index in [9.17, 15) is 24.5 Å². The van der Waals surface area contributed by atoms with Crippen LogP contribution in [0.5, 0.6) is 0 Å². The normalized spacial score (nSPS) is 11.2. The third-order valence-electron chi connectivity index (χ3n) is 3.49. The van der Waals surface area contributed by atoms with Gasteiger partial charge in [0.25, 0.3) is 17.5 Å². The number of hydrogen-bond donors (Lipinski definition) is 2. The molecule has 146 valence electrons. The molecule has 0 saturated carbocycles. The van der Waals surface area contributed by atoms with E-state index >= 15 is 0 Å². The average Bonchev–Trinajstić information content (AvgIpc) is 2.67. The summed E-state index contributed by atoms with van der Waals surface area (Å²) in [5, 5.41) is 16.2. The third kappa shape index (κ3) is 6.06. The highest BCUT2D eigenvalue weighted by Gasteiger charge is 2.20. The number of carbonyl (C=O) groups excluding carboxylic acids is 3. The van der Waals surface area contributed by atoms with Gasteiger partial charge in [0.15, 0.2) is 6.61 Å². The maximum Gasteiger partial charge on any atom is 0.328 e. The van der Waals surface area contributed by atoms with Crippen molar-refractivity contribution in [3.05, 3.63) is 69.2 Å². The molecule has 0 bridgehead atoms. The Morgan fingerprint density at radius 2 is 1.86 bits per heavy atom. The lowest BCUT2D eigenvalue weighted by atomic mass is 10.2. The Morgan fingerprint density at radius 1 is 1.18 bits per heavy atom. The second-order valence-electron chi connectivity index (χ2n) is 5.67. The number of hydrogen-bond acceptors (Lipinski definition) is 6. The van der Waals surface area contributed by atoms with Crippen LogP contribution in [0, 0.1) is 10.1 Å². The van der Waals surface area contributed by atoms with Crippen LogP contribution in [-0.2, 0) is 14.3 Å². The number of nitro benzene ring substituents is 1. The summed E-state index contributed by atoms with van der Waals surface area (Å²) < 4.78 is 4.86. The van der Waals surface area contributed by atoms with Gasteiger partial charge in [-0.25, -0.2) is 4.79 Å². The van der Waals surface area contributed by atoms with Crippen LogP contribution < -0.4 is 10.6 Å². The van der Waals surface area contributed by atoms with E-state index in [1.165, 1.54) is 25.1 Å². The van der Waals surface area contributed by atoms with Crippen molar-refractivity contribution in [1.82, 2.24) is 5.32 Å². The number of nitro groups is 1. The Hall–Kier alpha value is -3.46. The Labute approximate surface area is 164 Å². The summed E-state index contributed by atoms with van der Waals surface area (Å²) in [6, 6.07) is 10.4. The van der Waals surface area contributed by atoms with Crippen LogP contribution in [0.2, 0.25) is 5.02 Å². The van der Waals surface area contributed by atoms with Gasteiger partial charge < -0.3 is 15.4 Å². The molecule has 0 aromatic heterocycles. The number of carbonyl (C=O) groups is 3. The first-order chi connectivity index (χ1) is 13.3. The van der Waals surface area contributed by atoms with Crippen molar-refractivity contribution in [2.45, 2.75) is 13.0 Å². The van der Waals surface area contributed by atoms with Gasteiger partial charge in [0, 0.05) is 28.4 Å². The molecule has 0 saturated heterocycles. The standard InChI is InChI=1S/C18H16ClN3O6/c1-11(20-17(24)12-3-2-4-15(9-12)22(26)27)18(25)28-10-16(23)21-14-7-5-13(19)6-8-14/h2-9,11H,10H2,1H3,(H,20,24)(H,21,23)/t11-/m0/s1. The number of halogens is 1. The highest BCUT2D eigenvalue weighted by Crippen LogP contribution is 2.14. The van der Waals surface area contributed by atoms with Gasteiger partial charge in [0.1, 0.15) is 6.04 Å². The number of rotatable bonds is 7. The lowest BCUT2D eigenvalue weighted by Gasteiger charge is -2.13. The lowest BCUT2D eigenvalue weighted by Crippen LogP contribution is -2.40. The zero-order chi connectivity index (χ0) is 20.7. The Bertz CT molecular complexity index is 900. The molecule has 0 spiro atoms. The Morgan fingerprint density at radius 3 is 2.50 bits per heavy atom. The molecule has 2 aromatic carbocycles. The summed E-state index contributed by atoms with van der Waals surface area (Å²) in [5.74, 6) is -2.07. The van der Waals surface area contributed by atoms with Crippen LogP contribution >= 0.6 is 11.6 Å². The molecular formula is C18H16ClN3O6. The minimum Gasteiger partial charge on any atom is -0.454 e. The molecule has 28 heavy (non-hydrogen) atoms. The second kappa shape index (κ2) is 9.47. The zero-order valence-corrected chi connectivity index (χ0v) is 15.4. The monoisotopic (exact) mass is 405 g/mol. The van der Waals surface area contributed by atoms with E-state index in [-0.39, 0.29) is 11.3 Å². The summed E-state index contributed by atoms with van der Waals surface area (Å²) in [7, 11) is 0. The van der Waals surface area contributed by atoms with Crippen molar-refractivity contribution in [3.8, 4) is 0 Å². The fraction of sp³-hybridized carbons (Fsp3) is 0.167. The average molecular weight is 406 g/mol. The number of nitrogens with zero attached hydrogens (tertiary/aromatic N) is 1. The van der Waals surface area contributed by atoms with Crippen molar-refractivity contribution in [1.29, 1.82) is 0 Å². The van der Waals surface area contributed by atoms with Gasteiger partial charge in [0.2, 0.25) is 0 Å². The Balaban J connectivity index is 1.84. The molecule has 2 aromatic rings. The minimum atomic E-state index is -1.06. The fourth-order valence-electron chi connectivity index (χ4n) is 2.09. The number of non-ortho nitro benzene ring substituents is 1. The van der Waals surface area contributed by atoms with E-state index < -0.39 is 35.4 Å². The predicted molar refractivity (Wildman–Crippen MR) is 101 cm³/mol. The molecule has 0 heterocycles. The minimum absolute atomic E-state index is 0.0225. The molecule has 0 fully saturated rings. The van der Waals surface area contributed by atoms with E-state index in [2.05, 4.69) is 10.6 Å². The molecule has 2 rings (SSSR count). The second-order valence-corrected chi connectivity index (χ2v) is 6.10. The summed E-state index contributed by atoms with van der Waals surface area (Å²) in [6.45, 7) is 0.827. The molecule has 0 aliphatic rings. The molecule has 0 aliphatic carbocycles. The number of amides is 2. The molecule has 0 radical (unpaired) electrons. The highest BCUT2D eigenvalue weighted by atomic mass is 35.5. The van der Waals surface area contributed by atoms with Crippen molar-refractivity contribution in [2.24, 2.45) is 0 Å². The number of esters is 1. The van der Waals surface area contributed by atoms with Crippen molar-refractivity contribution in [2.75, 3.05) is 11.9 Å². The number of ether oxygens (including phenoxy) is 1. The SMILES string of the molecule is C[C@H](NC(=O)c1cccc([N+](=O)[O-])c1)C(=O)OCC(=O)Nc1ccc(Cl)cc1. The topological polar surface area (TPSA) is 128 Å². The van der Waals surface area contributed by atoms with Crippen molar-refractivity contribution >= 4 is 40.8 Å². The molecule has 9 nitrogen and oxygen atoms in total. The molecule has 10 heteroatoms. The van der Waals surface area contributed by atoms with Gasteiger partial charge >= 0.3 is 5.97 Å². The largest absolute Gasteiger partial charge is 0.454 e. The van der Waals surface area contributed by atoms with Gasteiger partial charge in [-0.15, -0.1) is 0 Å². The van der Waals surface area contributed by atoms with Crippen LogP contribution in [0.4, 0.5) is 11.4 Å². The van der Waals surface area contributed by atoms with E-state index in [1.807, 2.05) is 0 Å². The predicted octanol–water partition coefficient (Wildman–Crippen LogP) is 2.55. The first kappa shape index (κ1) is 20.8. The van der Waals surface area contributed by atoms with Crippen LogP contribution in [0.25, 0.3) is 0 Å². The molecular weight excluding hydrogens is 390 g/mol. The van der Waals surface area contributed by atoms with E-state index in [0.29, 0.717) is 10.7 Å².